The highest BCUT2D eigenvalue weighted by Crippen LogP contribution is 2.39. The summed E-state index contributed by atoms with van der Waals surface area (Å²) in [6.45, 7) is -0.554. The van der Waals surface area contributed by atoms with Crippen molar-refractivity contribution in [2.45, 2.75) is 30.2 Å². The average molecular weight is 551 g/mol. The van der Waals surface area contributed by atoms with Gasteiger partial charge in [0.25, 0.3) is 0 Å². The third-order valence-corrected chi connectivity index (χ3v) is 7.57. The molecule has 0 amide bonds. The van der Waals surface area contributed by atoms with Gasteiger partial charge in [-0.15, -0.1) is 0 Å². The predicted molar refractivity (Wildman–Crippen MR) is 119 cm³/mol. The van der Waals surface area contributed by atoms with Crippen LogP contribution in [0.5, 0.6) is 5.88 Å². The summed E-state index contributed by atoms with van der Waals surface area (Å²) in [5.74, 6) is 0.113. The summed E-state index contributed by atoms with van der Waals surface area (Å²) >= 11 is 5.95. The smallest absolute Gasteiger partial charge is 0.416 e. The first-order valence-electron chi connectivity index (χ1n) is 10.4. The molecule has 0 saturated heterocycles. The highest BCUT2D eigenvalue weighted by molar-refractivity contribution is 7.89. The van der Waals surface area contributed by atoms with E-state index in [9.17, 15) is 34.8 Å². The van der Waals surface area contributed by atoms with Crippen LogP contribution in [-0.4, -0.2) is 30.9 Å². The number of halogens is 7. The SMILES string of the molecule is O=S(=O)(c1cc(C(F)(F)F)cc(C(F)(F)F)c1)N1CCCOc2nccc(-c3ccc(Cl)cc3)c2C1. The maximum Gasteiger partial charge on any atom is 0.416 e. The molecule has 2 aromatic carbocycles. The van der Waals surface area contributed by atoms with E-state index < -0.39 is 38.4 Å². The van der Waals surface area contributed by atoms with Crippen LogP contribution in [0.15, 0.2) is 59.6 Å². The van der Waals surface area contributed by atoms with E-state index in [1.54, 1.807) is 30.3 Å². The van der Waals surface area contributed by atoms with E-state index in [1.165, 1.54) is 6.20 Å². The molecule has 0 bridgehead atoms. The zero-order valence-corrected chi connectivity index (χ0v) is 19.8. The number of hydrogen-bond acceptors (Lipinski definition) is 4. The van der Waals surface area contributed by atoms with Gasteiger partial charge in [0.2, 0.25) is 15.9 Å². The summed E-state index contributed by atoms with van der Waals surface area (Å²) in [6.07, 6.45) is -8.79. The van der Waals surface area contributed by atoms with E-state index in [-0.39, 0.29) is 50.2 Å². The Kier molecular flexibility index (Phi) is 6.97. The van der Waals surface area contributed by atoms with Gasteiger partial charge in [-0.1, -0.05) is 23.7 Å². The van der Waals surface area contributed by atoms with Crippen molar-refractivity contribution in [3.8, 4) is 17.0 Å². The van der Waals surface area contributed by atoms with Crippen LogP contribution in [0.4, 0.5) is 26.3 Å². The van der Waals surface area contributed by atoms with E-state index in [1.807, 2.05) is 0 Å². The summed E-state index contributed by atoms with van der Waals surface area (Å²) in [7, 11) is -4.79. The normalized spacial score (nSPS) is 15.5. The first-order chi connectivity index (χ1) is 16.8. The molecule has 192 valence electrons. The molecule has 0 fully saturated rings. The zero-order valence-electron chi connectivity index (χ0n) is 18.2. The summed E-state index contributed by atoms with van der Waals surface area (Å²) in [6, 6.07) is 8.50. The van der Waals surface area contributed by atoms with E-state index in [2.05, 4.69) is 4.98 Å². The van der Waals surface area contributed by atoms with E-state index >= 15 is 0 Å². The van der Waals surface area contributed by atoms with Crippen molar-refractivity contribution in [2.24, 2.45) is 0 Å². The molecule has 0 saturated carbocycles. The number of fused-ring (bicyclic) bond motifs is 1. The summed E-state index contributed by atoms with van der Waals surface area (Å²) < 4.78 is 113. The molecule has 3 aromatic rings. The predicted octanol–water partition coefficient (Wildman–Crippen LogP) is 6.41. The number of hydrogen-bond donors (Lipinski definition) is 0. The Morgan fingerprint density at radius 3 is 2.11 bits per heavy atom. The molecular weight excluding hydrogens is 534 g/mol. The molecular formula is C23H17ClF6N2O3S. The molecule has 0 N–H and O–H groups in total. The topological polar surface area (TPSA) is 59.5 Å². The average Bonchev–Trinajstić information content (AvgIpc) is 2.78. The van der Waals surface area contributed by atoms with Gasteiger partial charge in [-0.05, 0) is 53.9 Å². The van der Waals surface area contributed by atoms with Gasteiger partial charge in [-0.2, -0.15) is 30.6 Å². The van der Waals surface area contributed by atoms with Gasteiger partial charge in [-0.25, -0.2) is 13.4 Å². The van der Waals surface area contributed by atoms with Crippen molar-refractivity contribution in [2.75, 3.05) is 13.2 Å². The fraction of sp³-hybridized carbons (Fsp3) is 0.261. The van der Waals surface area contributed by atoms with Crippen LogP contribution in [0, 0.1) is 0 Å². The second kappa shape index (κ2) is 9.56. The number of aromatic nitrogens is 1. The van der Waals surface area contributed by atoms with Gasteiger partial charge in [0, 0.05) is 29.9 Å². The molecule has 1 aromatic heterocycles. The van der Waals surface area contributed by atoms with Gasteiger partial charge < -0.3 is 4.74 Å². The van der Waals surface area contributed by atoms with Crippen LogP contribution in [0.2, 0.25) is 5.02 Å². The molecule has 0 unspecified atom stereocenters. The maximum absolute atomic E-state index is 13.4. The highest BCUT2D eigenvalue weighted by atomic mass is 35.5. The lowest BCUT2D eigenvalue weighted by Gasteiger charge is -2.27. The first-order valence-corrected chi connectivity index (χ1v) is 12.2. The molecule has 5 nitrogen and oxygen atoms in total. The van der Waals surface area contributed by atoms with Crippen molar-refractivity contribution in [3.63, 3.8) is 0 Å². The van der Waals surface area contributed by atoms with Gasteiger partial charge >= 0.3 is 12.4 Å². The van der Waals surface area contributed by atoms with Crippen LogP contribution in [-0.2, 0) is 28.9 Å². The van der Waals surface area contributed by atoms with Crippen molar-refractivity contribution in [3.05, 3.63) is 76.4 Å². The Hall–Kier alpha value is -2.83. The molecule has 0 atom stereocenters. The van der Waals surface area contributed by atoms with Crippen molar-refractivity contribution >= 4 is 21.6 Å². The summed E-state index contributed by atoms with van der Waals surface area (Å²) in [4.78, 5) is 3.03. The number of alkyl halides is 6. The molecule has 4 rings (SSSR count). The minimum Gasteiger partial charge on any atom is -0.477 e. The van der Waals surface area contributed by atoms with Gasteiger partial charge in [0.05, 0.1) is 22.6 Å². The Bertz CT molecular complexity index is 1340. The van der Waals surface area contributed by atoms with E-state index in [0.29, 0.717) is 21.7 Å². The Morgan fingerprint density at radius 2 is 1.53 bits per heavy atom. The van der Waals surface area contributed by atoms with Crippen molar-refractivity contribution in [1.29, 1.82) is 0 Å². The fourth-order valence-electron chi connectivity index (χ4n) is 3.75. The minimum absolute atomic E-state index is 0.0342. The minimum atomic E-state index is -5.19. The number of ether oxygens (including phenoxy) is 1. The Balaban J connectivity index is 1.83. The lowest BCUT2D eigenvalue weighted by Crippen LogP contribution is -2.34. The summed E-state index contributed by atoms with van der Waals surface area (Å²) in [5, 5.41) is 0.459. The Labute approximate surface area is 207 Å². The van der Waals surface area contributed by atoms with Crippen LogP contribution in [0.25, 0.3) is 11.1 Å². The van der Waals surface area contributed by atoms with Crippen LogP contribution in [0.3, 0.4) is 0 Å². The molecule has 2 heterocycles. The largest absolute Gasteiger partial charge is 0.477 e. The second-order valence-corrected chi connectivity index (χ2v) is 10.3. The number of sulfonamides is 1. The molecule has 0 aliphatic carbocycles. The monoisotopic (exact) mass is 550 g/mol. The quantitative estimate of drug-likeness (QED) is 0.354. The van der Waals surface area contributed by atoms with E-state index in [4.69, 9.17) is 16.3 Å². The van der Waals surface area contributed by atoms with Crippen molar-refractivity contribution < 1.29 is 39.5 Å². The molecule has 0 radical (unpaired) electrons. The molecule has 13 heteroatoms. The van der Waals surface area contributed by atoms with Crippen LogP contribution in [0.1, 0.15) is 23.1 Å². The van der Waals surface area contributed by atoms with Gasteiger partial charge in [0.15, 0.2) is 0 Å². The Morgan fingerprint density at radius 1 is 0.917 bits per heavy atom. The molecule has 1 aliphatic heterocycles. The maximum atomic E-state index is 13.4. The van der Waals surface area contributed by atoms with Gasteiger partial charge in [-0.3, -0.25) is 0 Å². The van der Waals surface area contributed by atoms with Crippen molar-refractivity contribution in [1.82, 2.24) is 9.29 Å². The number of nitrogens with zero attached hydrogens (tertiary/aromatic N) is 2. The third kappa shape index (κ3) is 5.45. The molecule has 36 heavy (non-hydrogen) atoms. The molecule has 0 spiro atoms. The van der Waals surface area contributed by atoms with Gasteiger partial charge in [0.1, 0.15) is 0 Å². The highest BCUT2D eigenvalue weighted by Gasteiger charge is 2.39. The van der Waals surface area contributed by atoms with E-state index in [0.717, 1.165) is 4.31 Å². The lowest BCUT2D eigenvalue weighted by molar-refractivity contribution is -0.143. The number of benzene rings is 2. The van der Waals surface area contributed by atoms with Crippen LogP contribution < -0.4 is 4.74 Å². The standard InChI is InChI=1S/C23H17ClF6N2O3S/c24-17-4-2-14(3-5-17)19-6-7-31-21-20(19)13-32(8-1-9-35-21)36(33,34)18-11-15(22(25,26)27)10-16(12-18)23(28,29)30/h2-7,10-12H,1,8-9,13H2. The number of pyridine rings is 1. The second-order valence-electron chi connectivity index (χ2n) is 7.93. The van der Waals surface area contributed by atoms with Crippen LogP contribution >= 0.6 is 11.6 Å². The molecule has 1 aliphatic rings. The lowest BCUT2D eigenvalue weighted by atomic mass is 10.0. The summed E-state index contributed by atoms with van der Waals surface area (Å²) in [5.41, 5.74) is -1.95. The zero-order chi connectivity index (χ0) is 26.3. The number of rotatable bonds is 3. The third-order valence-electron chi connectivity index (χ3n) is 5.50. The fourth-order valence-corrected chi connectivity index (χ4v) is 5.39. The first kappa shape index (κ1) is 26.2.